The zero-order chi connectivity index (χ0) is 12.4. The Morgan fingerprint density at radius 1 is 1.00 bits per heavy atom. The van der Waals surface area contributed by atoms with E-state index in [1.54, 1.807) is 0 Å². The van der Waals surface area contributed by atoms with Gasteiger partial charge in [0.05, 0.1) is 0 Å². The van der Waals surface area contributed by atoms with Gasteiger partial charge in [0.2, 0.25) is 0 Å². The minimum Gasteiger partial charge on any atom is -0.305 e. The first-order valence-corrected chi connectivity index (χ1v) is 7.22. The van der Waals surface area contributed by atoms with Gasteiger partial charge in [-0.3, -0.25) is 4.90 Å². The van der Waals surface area contributed by atoms with Crippen LogP contribution in [-0.4, -0.2) is 73.1 Å². The Hall–Kier alpha value is -0.120. The molecule has 2 aliphatic rings. The zero-order valence-electron chi connectivity index (χ0n) is 12.0. The molecule has 0 spiro atoms. The third-order valence-corrected chi connectivity index (χ3v) is 4.67. The van der Waals surface area contributed by atoms with Gasteiger partial charge in [-0.2, -0.15) is 0 Å². The lowest BCUT2D eigenvalue weighted by Crippen LogP contribution is -2.46. The second-order valence-electron chi connectivity index (χ2n) is 6.26. The fourth-order valence-corrected chi connectivity index (χ4v) is 3.29. The number of likely N-dealkylation sites (tertiary alicyclic amines) is 2. The highest BCUT2D eigenvalue weighted by atomic mass is 15.3. The maximum Gasteiger partial charge on any atom is 0.0229 e. The molecule has 0 unspecified atom stereocenters. The third-order valence-electron chi connectivity index (χ3n) is 4.67. The molecule has 2 heterocycles. The lowest BCUT2D eigenvalue weighted by atomic mass is 10.0. The highest BCUT2D eigenvalue weighted by Gasteiger charge is 2.31. The van der Waals surface area contributed by atoms with Crippen LogP contribution in [-0.2, 0) is 0 Å². The number of hydrogen-bond donors (Lipinski definition) is 0. The Labute approximate surface area is 107 Å². The fourth-order valence-electron chi connectivity index (χ4n) is 3.29. The van der Waals surface area contributed by atoms with Crippen molar-refractivity contribution >= 4 is 0 Å². The van der Waals surface area contributed by atoms with Gasteiger partial charge in [-0.15, -0.1) is 0 Å². The normalized spacial score (nSPS) is 29.6. The van der Waals surface area contributed by atoms with E-state index in [0.717, 1.165) is 18.1 Å². The summed E-state index contributed by atoms with van der Waals surface area (Å²) < 4.78 is 0. The van der Waals surface area contributed by atoms with Crippen LogP contribution in [0.25, 0.3) is 0 Å². The number of hydrogen-bond acceptors (Lipinski definition) is 3. The van der Waals surface area contributed by atoms with E-state index in [0.29, 0.717) is 0 Å². The van der Waals surface area contributed by atoms with E-state index >= 15 is 0 Å². The van der Waals surface area contributed by atoms with Gasteiger partial charge in [-0.1, -0.05) is 0 Å². The summed E-state index contributed by atoms with van der Waals surface area (Å²) in [6.45, 7) is 9.84. The average Bonchev–Trinajstić information content (AvgIpc) is 2.78. The summed E-state index contributed by atoms with van der Waals surface area (Å²) in [4.78, 5) is 7.75. The summed E-state index contributed by atoms with van der Waals surface area (Å²) >= 11 is 0. The summed E-state index contributed by atoms with van der Waals surface area (Å²) in [5.74, 6) is 0. The van der Waals surface area contributed by atoms with Gasteiger partial charge in [0.25, 0.3) is 0 Å². The molecule has 3 heteroatoms. The van der Waals surface area contributed by atoms with Crippen molar-refractivity contribution in [3.63, 3.8) is 0 Å². The smallest absolute Gasteiger partial charge is 0.0229 e. The number of rotatable bonds is 3. The number of likely N-dealkylation sites (N-methyl/N-ethyl adjacent to an activating group) is 1. The molecule has 0 bridgehead atoms. The summed E-state index contributed by atoms with van der Waals surface area (Å²) in [6, 6.07) is 2.37. The van der Waals surface area contributed by atoms with Gasteiger partial charge in [-0.05, 0) is 60.3 Å². The van der Waals surface area contributed by atoms with Crippen molar-refractivity contribution in [2.75, 3.05) is 40.3 Å². The van der Waals surface area contributed by atoms with Crippen LogP contribution >= 0.6 is 0 Å². The Morgan fingerprint density at radius 2 is 1.65 bits per heavy atom. The van der Waals surface area contributed by atoms with E-state index in [1.807, 2.05) is 0 Å². The molecule has 0 saturated carbocycles. The van der Waals surface area contributed by atoms with Crippen LogP contribution < -0.4 is 0 Å². The van der Waals surface area contributed by atoms with Crippen LogP contribution in [0.2, 0.25) is 0 Å². The molecule has 17 heavy (non-hydrogen) atoms. The van der Waals surface area contributed by atoms with E-state index in [9.17, 15) is 0 Å². The second-order valence-corrected chi connectivity index (χ2v) is 6.26. The lowest BCUT2D eigenvalue weighted by Gasteiger charge is -2.38. The van der Waals surface area contributed by atoms with Crippen molar-refractivity contribution in [1.82, 2.24) is 14.7 Å². The summed E-state index contributed by atoms with van der Waals surface area (Å²) in [5.41, 5.74) is 0. The molecular formula is C14H29N3. The monoisotopic (exact) mass is 239 g/mol. The third kappa shape index (κ3) is 3.21. The van der Waals surface area contributed by atoms with Gasteiger partial charge in [-0.25, -0.2) is 0 Å². The predicted molar refractivity (Wildman–Crippen MR) is 73.4 cm³/mol. The number of nitrogens with zero attached hydrogens (tertiary/aromatic N) is 3. The van der Waals surface area contributed by atoms with Crippen LogP contribution in [0.5, 0.6) is 0 Å². The Morgan fingerprint density at radius 3 is 2.12 bits per heavy atom. The maximum absolute atomic E-state index is 2.74. The molecule has 0 radical (unpaired) electrons. The van der Waals surface area contributed by atoms with Crippen LogP contribution in [0.15, 0.2) is 0 Å². The van der Waals surface area contributed by atoms with Crippen molar-refractivity contribution in [3.05, 3.63) is 0 Å². The topological polar surface area (TPSA) is 9.72 Å². The molecule has 0 amide bonds. The first-order chi connectivity index (χ1) is 8.08. The average molecular weight is 239 g/mol. The molecule has 0 aliphatic carbocycles. The Bertz CT molecular complexity index is 232. The minimum atomic E-state index is 0.726. The Kier molecular flexibility index (Phi) is 4.45. The van der Waals surface area contributed by atoms with Crippen LogP contribution in [0.4, 0.5) is 0 Å². The highest BCUT2D eigenvalue weighted by molar-refractivity contribution is 4.88. The van der Waals surface area contributed by atoms with Gasteiger partial charge in [0, 0.05) is 31.2 Å². The second kappa shape index (κ2) is 5.68. The summed E-state index contributed by atoms with van der Waals surface area (Å²) in [6.07, 6.45) is 4.11. The van der Waals surface area contributed by atoms with Crippen molar-refractivity contribution < 1.29 is 0 Å². The molecule has 2 saturated heterocycles. The van der Waals surface area contributed by atoms with Crippen LogP contribution in [0.1, 0.15) is 33.1 Å². The van der Waals surface area contributed by atoms with Gasteiger partial charge < -0.3 is 9.80 Å². The highest BCUT2D eigenvalue weighted by Crippen LogP contribution is 2.23. The predicted octanol–water partition coefficient (Wildman–Crippen LogP) is 1.50. The molecule has 0 aromatic carbocycles. The summed E-state index contributed by atoms with van der Waals surface area (Å²) in [7, 11) is 4.44. The SMILES string of the molecule is CC(C)N1CCC(N2CC[C@H](N(C)C)C2)CC1. The fraction of sp³-hybridized carbons (Fsp3) is 1.00. The maximum atomic E-state index is 2.74. The van der Waals surface area contributed by atoms with E-state index in [2.05, 4.69) is 42.6 Å². The molecule has 2 rings (SSSR count). The first-order valence-electron chi connectivity index (χ1n) is 7.22. The van der Waals surface area contributed by atoms with Crippen molar-refractivity contribution in [3.8, 4) is 0 Å². The van der Waals surface area contributed by atoms with Crippen molar-refractivity contribution in [2.45, 2.75) is 51.2 Å². The molecule has 1 atom stereocenters. The molecule has 2 fully saturated rings. The largest absolute Gasteiger partial charge is 0.305 e. The van der Waals surface area contributed by atoms with Crippen molar-refractivity contribution in [2.24, 2.45) is 0 Å². The van der Waals surface area contributed by atoms with Gasteiger partial charge >= 0.3 is 0 Å². The molecule has 3 nitrogen and oxygen atoms in total. The van der Waals surface area contributed by atoms with E-state index < -0.39 is 0 Å². The zero-order valence-corrected chi connectivity index (χ0v) is 12.0. The van der Waals surface area contributed by atoms with Gasteiger partial charge in [0.15, 0.2) is 0 Å². The van der Waals surface area contributed by atoms with E-state index in [-0.39, 0.29) is 0 Å². The molecule has 0 aromatic heterocycles. The van der Waals surface area contributed by atoms with Crippen LogP contribution in [0.3, 0.4) is 0 Å². The number of piperidine rings is 1. The molecule has 0 aromatic rings. The Balaban J connectivity index is 1.78. The van der Waals surface area contributed by atoms with E-state index in [4.69, 9.17) is 0 Å². The molecule has 0 N–H and O–H groups in total. The molecule has 2 aliphatic heterocycles. The minimum absolute atomic E-state index is 0.726. The first kappa shape index (κ1) is 13.3. The van der Waals surface area contributed by atoms with Gasteiger partial charge in [0.1, 0.15) is 0 Å². The summed E-state index contributed by atoms with van der Waals surface area (Å²) in [5, 5.41) is 0. The van der Waals surface area contributed by atoms with Crippen molar-refractivity contribution in [1.29, 1.82) is 0 Å². The standard InChI is InChI=1S/C14H29N3/c1-12(2)16-8-5-13(6-9-16)17-10-7-14(11-17)15(3)4/h12-14H,5-11H2,1-4H3/t14-/m0/s1. The van der Waals surface area contributed by atoms with E-state index in [1.165, 1.54) is 45.4 Å². The molecule has 100 valence electrons. The quantitative estimate of drug-likeness (QED) is 0.739. The molecular weight excluding hydrogens is 210 g/mol. The van der Waals surface area contributed by atoms with Crippen LogP contribution in [0, 0.1) is 0 Å². The lowest BCUT2D eigenvalue weighted by molar-refractivity contribution is 0.103.